The van der Waals surface area contributed by atoms with Crippen LogP contribution in [0.3, 0.4) is 0 Å². The molecule has 1 N–H and O–H groups in total. The highest BCUT2D eigenvalue weighted by molar-refractivity contribution is 7.99. The van der Waals surface area contributed by atoms with Crippen LogP contribution in [0.4, 0.5) is 0 Å². The summed E-state index contributed by atoms with van der Waals surface area (Å²) in [7, 11) is 3.35. The van der Waals surface area contributed by atoms with Gasteiger partial charge in [0.2, 0.25) is 0 Å². The zero-order valence-electron chi connectivity index (χ0n) is 12.6. The lowest BCUT2D eigenvalue weighted by atomic mass is 10.0. The van der Waals surface area contributed by atoms with E-state index < -0.39 is 0 Å². The maximum absolute atomic E-state index is 5.36. The lowest BCUT2D eigenvalue weighted by Gasteiger charge is -2.26. The molecular formula is C16H25NO2S. The third-order valence-corrected chi connectivity index (χ3v) is 4.89. The Hall–Kier alpha value is -0.870. The van der Waals surface area contributed by atoms with E-state index in [1.54, 1.807) is 14.2 Å². The first-order chi connectivity index (χ1) is 9.72. The molecule has 1 saturated heterocycles. The van der Waals surface area contributed by atoms with E-state index in [4.69, 9.17) is 9.47 Å². The Morgan fingerprint density at radius 2 is 2.10 bits per heavy atom. The fraction of sp³-hybridized carbons (Fsp3) is 0.625. The summed E-state index contributed by atoms with van der Waals surface area (Å²) in [6, 6.07) is 7.33. The number of hydrogen-bond donors (Lipinski definition) is 1. The van der Waals surface area contributed by atoms with Crippen molar-refractivity contribution in [3.8, 4) is 11.5 Å². The van der Waals surface area contributed by atoms with Crippen LogP contribution in [0.15, 0.2) is 18.2 Å². The van der Waals surface area contributed by atoms with Crippen molar-refractivity contribution in [2.75, 3.05) is 25.7 Å². The topological polar surface area (TPSA) is 30.5 Å². The van der Waals surface area contributed by atoms with Crippen molar-refractivity contribution < 1.29 is 9.47 Å². The Balaban J connectivity index is 1.91. The molecule has 2 atom stereocenters. The second-order valence-electron chi connectivity index (χ2n) is 5.38. The van der Waals surface area contributed by atoms with Crippen LogP contribution < -0.4 is 14.8 Å². The fourth-order valence-electron chi connectivity index (χ4n) is 2.69. The predicted octanol–water partition coefficient (Wildman–Crippen LogP) is 3.12. The molecule has 0 radical (unpaired) electrons. The summed E-state index contributed by atoms with van der Waals surface area (Å²) in [4.78, 5) is 0. The first kappa shape index (κ1) is 15.5. The predicted molar refractivity (Wildman–Crippen MR) is 86.2 cm³/mol. The average Bonchev–Trinajstić information content (AvgIpc) is 2.48. The molecule has 1 fully saturated rings. The smallest absolute Gasteiger partial charge is 0.160 e. The Morgan fingerprint density at radius 3 is 2.75 bits per heavy atom. The molecule has 112 valence electrons. The van der Waals surface area contributed by atoms with Crippen LogP contribution in [0, 0.1) is 0 Å². The summed E-state index contributed by atoms with van der Waals surface area (Å²) in [6.07, 6.45) is 3.66. The van der Waals surface area contributed by atoms with Gasteiger partial charge < -0.3 is 14.8 Å². The Labute approximate surface area is 126 Å². The first-order valence-electron chi connectivity index (χ1n) is 7.27. The Kier molecular flexibility index (Phi) is 6.05. The molecule has 0 spiro atoms. The molecule has 0 saturated carbocycles. The van der Waals surface area contributed by atoms with E-state index in [-0.39, 0.29) is 0 Å². The highest BCUT2D eigenvalue weighted by Crippen LogP contribution is 2.28. The van der Waals surface area contributed by atoms with Crippen molar-refractivity contribution in [3.05, 3.63) is 23.8 Å². The van der Waals surface area contributed by atoms with E-state index in [1.165, 1.54) is 29.9 Å². The largest absolute Gasteiger partial charge is 0.493 e. The molecule has 1 aliphatic heterocycles. The Morgan fingerprint density at radius 1 is 1.30 bits per heavy atom. The van der Waals surface area contributed by atoms with E-state index >= 15 is 0 Å². The van der Waals surface area contributed by atoms with E-state index in [9.17, 15) is 0 Å². The molecule has 3 nitrogen and oxygen atoms in total. The van der Waals surface area contributed by atoms with E-state index in [2.05, 4.69) is 36.1 Å². The van der Waals surface area contributed by atoms with Gasteiger partial charge in [-0.25, -0.2) is 0 Å². The number of hydrogen-bond acceptors (Lipinski definition) is 4. The SMILES string of the molecule is COc1ccc(CC(C)NC2CCCSC2)cc1OC. The van der Waals surface area contributed by atoms with Crippen molar-refractivity contribution in [2.24, 2.45) is 0 Å². The molecular weight excluding hydrogens is 270 g/mol. The maximum atomic E-state index is 5.36. The van der Waals surface area contributed by atoms with E-state index in [0.717, 1.165) is 17.9 Å². The van der Waals surface area contributed by atoms with Crippen molar-refractivity contribution in [3.63, 3.8) is 0 Å². The molecule has 1 aliphatic rings. The summed E-state index contributed by atoms with van der Waals surface area (Å²) < 4.78 is 10.6. The van der Waals surface area contributed by atoms with Crippen molar-refractivity contribution in [1.82, 2.24) is 5.32 Å². The van der Waals surface area contributed by atoms with Gasteiger partial charge in [0.05, 0.1) is 14.2 Å². The van der Waals surface area contributed by atoms with Crippen molar-refractivity contribution in [2.45, 2.75) is 38.3 Å². The second kappa shape index (κ2) is 7.79. The van der Waals surface area contributed by atoms with E-state index in [1.807, 2.05) is 6.07 Å². The molecule has 2 rings (SSSR count). The zero-order valence-corrected chi connectivity index (χ0v) is 13.5. The quantitative estimate of drug-likeness (QED) is 0.873. The summed E-state index contributed by atoms with van der Waals surface area (Å²) >= 11 is 2.06. The minimum atomic E-state index is 0.483. The van der Waals surface area contributed by atoms with Gasteiger partial charge in [-0.2, -0.15) is 11.8 Å². The van der Waals surface area contributed by atoms with Crippen LogP contribution in [0.1, 0.15) is 25.3 Å². The van der Waals surface area contributed by atoms with Crippen LogP contribution in [0.5, 0.6) is 11.5 Å². The average molecular weight is 295 g/mol. The molecule has 1 aromatic rings. The summed E-state index contributed by atoms with van der Waals surface area (Å²) in [6.45, 7) is 2.26. The number of nitrogens with one attached hydrogen (secondary N) is 1. The number of ether oxygens (including phenoxy) is 2. The van der Waals surface area contributed by atoms with Crippen LogP contribution in [0.2, 0.25) is 0 Å². The minimum absolute atomic E-state index is 0.483. The number of rotatable bonds is 6. The fourth-order valence-corrected chi connectivity index (χ4v) is 3.78. The molecule has 1 aromatic carbocycles. The molecule has 2 unspecified atom stereocenters. The molecule has 0 aliphatic carbocycles. The minimum Gasteiger partial charge on any atom is -0.493 e. The van der Waals surface area contributed by atoms with Crippen LogP contribution in [-0.2, 0) is 6.42 Å². The van der Waals surface area contributed by atoms with Gasteiger partial charge in [0.1, 0.15) is 0 Å². The third-order valence-electron chi connectivity index (χ3n) is 3.67. The molecule has 20 heavy (non-hydrogen) atoms. The standard InChI is InChI=1S/C16H25NO2S/c1-12(17-14-5-4-8-20-11-14)9-13-6-7-15(18-2)16(10-13)19-3/h6-7,10,12,14,17H,4-5,8-9,11H2,1-3H3. The van der Waals surface area contributed by atoms with Crippen LogP contribution in [0.25, 0.3) is 0 Å². The molecule has 0 amide bonds. The van der Waals surface area contributed by atoms with Gasteiger partial charge in [-0.3, -0.25) is 0 Å². The summed E-state index contributed by atoms with van der Waals surface area (Å²) in [5.74, 6) is 4.17. The van der Waals surface area contributed by atoms with Gasteiger partial charge in [0.25, 0.3) is 0 Å². The highest BCUT2D eigenvalue weighted by Gasteiger charge is 2.16. The van der Waals surface area contributed by atoms with Crippen LogP contribution >= 0.6 is 11.8 Å². The molecule has 4 heteroatoms. The molecule has 1 heterocycles. The van der Waals surface area contributed by atoms with Crippen LogP contribution in [-0.4, -0.2) is 37.8 Å². The van der Waals surface area contributed by atoms with Gasteiger partial charge in [-0.05, 0) is 49.6 Å². The van der Waals surface area contributed by atoms with Gasteiger partial charge in [0.15, 0.2) is 11.5 Å². The highest BCUT2D eigenvalue weighted by atomic mass is 32.2. The van der Waals surface area contributed by atoms with Gasteiger partial charge >= 0.3 is 0 Å². The van der Waals surface area contributed by atoms with Crippen molar-refractivity contribution >= 4 is 11.8 Å². The lowest BCUT2D eigenvalue weighted by molar-refractivity contribution is 0.354. The monoisotopic (exact) mass is 295 g/mol. The van der Waals surface area contributed by atoms with E-state index in [0.29, 0.717) is 12.1 Å². The number of benzene rings is 1. The molecule has 0 bridgehead atoms. The number of thioether (sulfide) groups is 1. The second-order valence-corrected chi connectivity index (χ2v) is 6.53. The lowest BCUT2D eigenvalue weighted by Crippen LogP contribution is -2.40. The molecule has 0 aromatic heterocycles. The zero-order chi connectivity index (χ0) is 14.4. The van der Waals surface area contributed by atoms with Gasteiger partial charge in [0, 0.05) is 17.8 Å². The summed E-state index contributed by atoms with van der Waals surface area (Å²) in [5, 5.41) is 3.74. The summed E-state index contributed by atoms with van der Waals surface area (Å²) in [5.41, 5.74) is 1.28. The van der Waals surface area contributed by atoms with Crippen molar-refractivity contribution in [1.29, 1.82) is 0 Å². The normalized spacial score (nSPS) is 20.4. The maximum Gasteiger partial charge on any atom is 0.160 e. The van der Waals surface area contributed by atoms with Gasteiger partial charge in [-0.15, -0.1) is 0 Å². The third kappa shape index (κ3) is 4.32. The Bertz CT molecular complexity index is 419. The van der Waals surface area contributed by atoms with Gasteiger partial charge in [-0.1, -0.05) is 6.07 Å². The number of methoxy groups -OCH3 is 2. The first-order valence-corrected chi connectivity index (χ1v) is 8.43.